The highest BCUT2D eigenvalue weighted by molar-refractivity contribution is 8.18. The van der Waals surface area contributed by atoms with Crippen LogP contribution < -0.4 is 4.90 Å². The second kappa shape index (κ2) is 8.60. The van der Waals surface area contributed by atoms with Crippen LogP contribution in [0, 0.1) is 0 Å². The number of carbonyl (C=O) groups is 2. The zero-order valence-corrected chi connectivity index (χ0v) is 20.8. The van der Waals surface area contributed by atoms with Gasteiger partial charge in [0.05, 0.1) is 11.4 Å². The van der Waals surface area contributed by atoms with Gasteiger partial charge in [0.15, 0.2) is 0 Å². The highest BCUT2D eigenvalue weighted by Crippen LogP contribution is 2.45. The van der Waals surface area contributed by atoms with Crippen LogP contribution in [0.15, 0.2) is 47.4 Å². The number of hydrogen-bond donors (Lipinski definition) is 0. The van der Waals surface area contributed by atoms with E-state index in [1.54, 1.807) is 12.1 Å². The lowest BCUT2D eigenvalue weighted by Crippen LogP contribution is -2.51. The maximum atomic E-state index is 13.0. The smallest absolute Gasteiger partial charge is 0.293 e. The largest absolute Gasteiger partial charge is 0.364 e. The molecule has 2 aromatic rings. The van der Waals surface area contributed by atoms with Crippen molar-refractivity contribution < 1.29 is 9.59 Å². The predicted molar refractivity (Wildman–Crippen MR) is 134 cm³/mol. The molecule has 1 fully saturated rings. The van der Waals surface area contributed by atoms with E-state index < -0.39 is 0 Å². The lowest BCUT2D eigenvalue weighted by atomic mass is 9.79. The molecule has 4 rings (SSSR count). The quantitative estimate of drug-likeness (QED) is 0.449. The fourth-order valence-electron chi connectivity index (χ4n) is 5.10. The number of fused-ring (bicyclic) bond motifs is 1. The normalized spacial score (nSPS) is 21.6. The highest BCUT2D eigenvalue weighted by Gasteiger charge is 2.38. The maximum absolute atomic E-state index is 13.0. The zero-order chi connectivity index (χ0) is 23.2. The molecular weight excluding hydrogens is 440 g/mol. The Balaban J connectivity index is 1.61. The van der Waals surface area contributed by atoms with E-state index in [-0.39, 0.29) is 23.2 Å². The molecule has 2 aliphatic rings. The summed E-state index contributed by atoms with van der Waals surface area (Å²) in [6, 6.07) is 14.0. The average Bonchev–Trinajstić information content (AvgIpc) is 2.96. The number of hydrogen-bond acceptors (Lipinski definition) is 4. The molecule has 168 valence electrons. The van der Waals surface area contributed by atoms with Crippen molar-refractivity contribution in [1.82, 2.24) is 4.90 Å². The summed E-state index contributed by atoms with van der Waals surface area (Å²) in [5.74, 6) is 0.175. The third-order valence-electron chi connectivity index (χ3n) is 6.24. The third kappa shape index (κ3) is 4.33. The summed E-state index contributed by atoms with van der Waals surface area (Å²) in [5.41, 5.74) is 4.48. The molecule has 0 aliphatic carbocycles. The van der Waals surface area contributed by atoms with Crippen LogP contribution in [0.4, 0.5) is 10.5 Å². The van der Waals surface area contributed by atoms with Crippen LogP contribution in [0.25, 0.3) is 6.08 Å². The molecule has 0 spiro atoms. The Labute approximate surface area is 199 Å². The van der Waals surface area contributed by atoms with Gasteiger partial charge in [-0.1, -0.05) is 36.7 Å². The van der Waals surface area contributed by atoms with E-state index >= 15 is 0 Å². The first kappa shape index (κ1) is 22.9. The first-order chi connectivity index (χ1) is 15.1. The maximum Gasteiger partial charge on any atom is 0.293 e. The second-order valence-corrected chi connectivity index (χ2v) is 11.0. The highest BCUT2D eigenvalue weighted by atomic mass is 35.5. The lowest BCUT2D eigenvalue weighted by Gasteiger charge is -2.50. The van der Waals surface area contributed by atoms with Crippen LogP contribution in [-0.4, -0.2) is 27.6 Å². The monoisotopic (exact) mass is 468 g/mol. The van der Waals surface area contributed by atoms with Crippen molar-refractivity contribution in [3.05, 3.63) is 69.1 Å². The minimum absolute atomic E-state index is 0.0897. The zero-order valence-electron chi connectivity index (χ0n) is 19.2. The number of rotatable bonds is 4. The molecule has 1 saturated heterocycles. The Morgan fingerprint density at radius 1 is 1.16 bits per heavy atom. The van der Waals surface area contributed by atoms with Crippen molar-refractivity contribution in [3.63, 3.8) is 0 Å². The van der Waals surface area contributed by atoms with Gasteiger partial charge in [-0.15, -0.1) is 0 Å². The Kier molecular flexibility index (Phi) is 6.17. The van der Waals surface area contributed by atoms with Gasteiger partial charge in [-0.2, -0.15) is 0 Å². The predicted octanol–water partition coefficient (Wildman–Crippen LogP) is 7.08. The summed E-state index contributed by atoms with van der Waals surface area (Å²) in [5, 5.41) is 0.388. The van der Waals surface area contributed by atoms with Crippen molar-refractivity contribution in [2.24, 2.45) is 0 Å². The molecule has 2 aromatic carbocycles. The number of nitrogens with zero attached hydrogens (tertiary/aromatic N) is 2. The first-order valence-corrected chi connectivity index (χ1v) is 12.2. The Bertz CT molecular complexity index is 1090. The number of anilines is 1. The van der Waals surface area contributed by atoms with Gasteiger partial charge >= 0.3 is 0 Å². The summed E-state index contributed by atoms with van der Waals surface area (Å²) in [6.45, 7) is 11.6. The fourth-order valence-corrected chi connectivity index (χ4v) is 6.06. The molecule has 0 unspecified atom stereocenters. The molecule has 0 aromatic heterocycles. The van der Waals surface area contributed by atoms with Crippen LogP contribution in [0.3, 0.4) is 0 Å². The van der Waals surface area contributed by atoms with Crippen molar-refractivity contribution in [3.8, 4) is 0 Å². The molecule has 0 N–H and O–H groups in total. The molecule has 32 heavy (non-hydrogen) atoms. The lowest BCUT2D eigenvalue weighted by molar-refractivity contribution is -0.123. The molecule has 4 nitrogen and oxygen atoms in total. The van der Waals surface area contributed by atoms with Gasteiger partial charge in [0.2, 0.25) is 0 Å². The molecule has 2 aliphatic heterocycles. The van der Waals surface area contributed by atoms with Gasteiger partial charge in [-0.05, 0) is 98.8 Å². The van der Waals surface area contributed by atoms with Crippen LogP contribution in [0.2, 0.25) is 5.02 Å². The molecule has 2 heterocycles. The van der Waals surface area contributed by atoms with Gasteiger partial charge in [-0.3, -0.25) is 14.5 Å². The Morgan fingerprint density at radius 3 is 2.50 bits per heavy atom. The standard InChI is InChI=1S/C26H29ClN2O2S/c1-16(2)29-22-11-8-19(12-21(22)17(3)14-26(29,4)5)13-23-24(30)28(25(31)32-23)15-18-6-9-20(27)10-7-18/h6-13,16-17H,14-15H2,1-5H3/b23-13-/t17-/m1/s1. The first-order valence-electron chi connectivity index (χ1n) is 11.0. The molecule has 2 amide bonds. The van der Waals surface area contributed by atoms with Crippen LogP contribution in [-0.2, 0) is 11.3 Å². The Hall–Kier alpha value is -2.24. The van der Waals surface area contributed by atoms with E-state index in [0.717, 1.165) is 29.3 Å². The fraction of sp³-hybridized carbons (Fsp3) is 0.385. The number of imide groups is 1. The van der Waals surface area contributed by atoms with Crippen molar-refractivity contribution in [1.29, 1.82) is 0 Å². The summed E-state index contributed by atoms with van der Waals surface area (Å²) >= 11 is 6.94. The molecule has 0 saturated carbocycles. The van der Waals surface area contributed by atoms with Crippen LogP contribution >= 0.6 is 23.4 Å². The van der Waals surface area contributed by atoms with Crippen molar-refractivity contribution >= 4 is 46.3 Å². The summed E-state index contributed by atoms with van der Waals surface area (Å²) in [6.07, 6.45) is 2.92. The van der Waals surface area contributed by atoms with E-state index in [4.69, 9.17) is 11.6 Å². The third-order valence-corrected chi connectivity index (χ3v) is 7.40. The Morgan fingerprint density at radius 2 is 1.84 bits per heavy atom. The summed E-state index contributed by atoms with van der Waals surface area (Å²) in [4.78, 5) is 29.7. The minimum atomic E-state index is -0.245. The number of carbonyl (C=O) groups excluding carboxylic acids is 2. The van der Waals surface area contributed by atoms with E-state index in [2.05, 4.69) is 57.7 Å². The van der Waals surface area contributed by atoms with Gasteiger partial charge in [0, 0.05) is 22.3 Å². The molecule has 6 heteroatoms. The van der Waals surface area contributed by atoms with E-state index in [1.807, 2.05) is 18.2 Å². The van der Waals surface area contributed by atoms with Gasteiger partial charge in [0.25, 0.3) is 11.1 Å². The van der Waals surface area contributed by atoms with E-state index in [9.17, 15) is 9.59 Å². The summed E-state index contributed by atoms with van der Waals surface area (Å²) < 4.78 is 0. The summed E-state index contributed by atoms with van der Waals surface area (Å²) in [7, 11) is 0. The molecule has 0 radical (unpaired) electrons. The van der Waals surface area contributed by atoms with E-state index in [1.165, 1.54) is 16.2 Å². The van der Waals surface area contributed by atoms with E-state index in [0.29, 0.717) is 21.9 Å². The SMILES string of the molecule is CC(C)N1c2ccc(/C=C3\SC(=O)N(Cc4ccc(Cl)cc4)C3=O)cc2[C@H](C)CC1(C)C. The number of amides is 2. The topological polar surface area (TPSA) is 40.6 Å². The van der Waals surface area contributed by atoms with Gasteiger partial charge < -0.3 is 4.90 Å². The number of benzene rings is 2. The van der Waals surface area contributed by atoms with Crippen LogP contribution in [0.1, 0.15) is 63.6 Å². The second-order valence-electron chi connectivity index (χ2n) is 9.59. The molecule has 1 atom stereocenters. The minimum Gasteiger partial charge on any atom is -0.364 e. The van der Waals surface area contributed by atoms with Gasteiger partial charge in [0.1, 0.15) is 0 Å². The van der Waals surface area contributed by atoms with Crippen molar-refractivity contribution in [2.75, 3.05) is 4.90 Å². The number of halogens is 1. The number of thioether (sulfide) groups is 1. The molecule has 0 bridgehead atoms. The van der Waals surface area contributed by atoms with Crippen LogP contribution in [0.5, 0.6) is 0 Å². The average molecular weight is 469 g/mol. The van der Waals surface area contributed by atoms with Crippen molar-refractivity contribution in [2.45, 2.75) is 65.1 Å². The molecular formula is C26H29ClN2O2S. The van der Waals surface area contributed by atoms with Gasteiger partial charge in [-0.25, -0.2) is 0 Å².